The second-order valence-corrected chi connectivity index (χ2v) is 5.91. The first-order valence-corrected chi connectivity index (χ1v) is 7.66. The highest BCUT2D eigenvalue weighted by Gasteiger charge is 2.10. The van der Waals surface area contributed by atoms with Crippen LogP contribution in [0.25, 0.3) is 0 Å². The minimum absolute atomic E-state index is 0.788. The van der Waals surface area contributed by atoms with Crippen LogP contribution in [0.5, 0.6) is 5.75 Å². The fourth-order valence-corrected chi connectivity index (χ4v) is 3.07. The van der Waals surface area contributed by atoms with E-state index in [0.29, 0.717) is 0 Å². The van der Waals surface area contributed by atoms with E-state index < -0.39 is 0 Å². The van der Waals surface area contributed by atoms with Crippen molar-refractivity contribution in [1.82, 2.24) is 4.90 Å². The lowest BCUT2D eigenvalue weighted by molar-refractivity contribution is 0.277. The Bertz CT molecular complexity index is 390. The van der Waals surface area contributed by atoms with Crippen LogP contribution < -0.4 is 4.74 Å². The van der Waals surface area contributed by atoms with Crippen molar-refractivity contribution in [2.75, 3.05) is 26.2 Å². The molecule has 2 rings (SSSR count). The summed E-state index contributed by atoms with van der Waals surface area (Å²) < 4.78 is 5.91. The summed E-state index contributed by atoms with van der Waals surface area (Å²) in [5, 5.41) is 0.788. The molecule has 0 N–H and O–H groups in total. The first kappa shape index (κ1) is 14.7. The Morgan fingerprint density at radius 1 is 1.11 bits per heavy atom. The van der Waals surface area contributed by atoms with Crippen molar-refractivity contribution >= 4 is 11.6 Å². The molecule has 0 spiro atoms. The smallest absolute Gasteiger partial charge is 0.125 e. The van der Waals surface area contributed by atoms with E-state index in [-0.39, 0.29) is 0 Å². The van der Waals surface area contributed by atoms with Crippen molar-refractivity contribution in [3.63, 3.8) is 0 Å². The highest BCUT2D eigenvalue weighted by Crippen LogP contribution is 2.27. The Kier molecular flexibility index (Phi) is 5.53. The molecule has 1 heterocycles. The number of rotatable bonds is 6. The lowest BCUT2D eigenvalue weighted by Crippen LogP contribution is -2.20. The van der Waals surface area contributed by atoms with Crippen LogP contribution in [-0.2, 0) is 0 Å². The Morgan fingerprint density at radius 2 is 1.74 bits per heavy atom. The summed E-state index contributed by atoms with van der Waals surface area (Å²) in [7, 11) is 0. The van der Waals surface area contributed by atoms with Crippen LogP contribution in [0.1, 0.15) is 36.8 Å². The molecule has 1 fully saturated rings. The maximum absolute atomic E-state index is 6.02. The van der Waals surface area contributed by atoms with Gasteiger partial charge in [0.05, 0.1) is 6.61 Å². The molecule has 1 aliphatic heterocycles. The topological polar surface area (TPSA) is 12.5 Å². The van der Waals surface area contributed by atoms with Crippen molar-refractivity contribution in [2.24, 2.45) is 0 Å². The van der Waals surface area contributed by atoms with Gasteiger partial charge in [-0.25, -0.2) is 0 Å². The molecule has 0 radical (unpaired) electrons. The number of unbranched alkanes of at least 4 members (excludes halogenated alkanes) is 1. The van der Waals surface area contributed by atoms with Crippen molar-refractivity contribution in [3.8, 4) is 5.75 Å². The molecule has 2 nitrogen and oxygen atoms in total. The van der Waals surface area contributed by atoms with Gasteiger partial charge in [-0.3, -0.25) is 0 Å². The normalized spacial score (nSPS) is 15.9. The third-order valence-corrected chi connectivity index (χ3v) is 3.96. The van der Waals surface area contributed by atoms with Crippen LogP contribution in [0.2, 0.25) is 5.02 Å². The predicted octanol–water partition coefficient (Wildman–Crippen LogP) is 4.21. The standard InChI is InChI=1S/C16H24ClNO/c1-13-11-15(17)12-14(2)16(13)19-10-6-5-9-18-7-3-4-8-18/h11-12H,3-10H2,1-2H3. The Hall–Kier alpha value is -0.730. The van der Waals surface area contributed by atoms with E-state index in [1.54, 1.807) is 0 Å². The van der Waals surface area contributed by atoms with Crippen molar-refractivity contribution in [1.29, 1.82) is 0 Å². The molecule has 0 bridgehead atoms. The van der Waals surface area contributed by atoms with Gasteiger partial charge in [0.2, 0.25) is 0 Å². The van der Waals surface area contributed by atoms with Gasteiger partial charge in [-0.1, -0.05) is 11.6 Å². The molecule has 0 unspecified atom stereocenters. The summed E-state index contributed by atoms with van der Waals surface area (Å²) in [6.07, 6.45) is 5.10. The van der Waals surface area contributed by atoms with Crippen LogP contribution in [-0.4, -0.2) is 31.1 Å². The van der Waals surface area contributed by atoms with Gasteiger partial charge < -0.3 is 9.64 Å². The number of hydrogen-bond donors (Lipinski definition) is 0. The number of ether oxygens (including phenoxy) is 1. The van der Waals surface area contributed by atoms with Gasteiger partial charge in [0.25, 0.3) is 0 Å². The first-order chi connectivity index (χ1) is 9.16. The molecule has 106 valence electrons. The second-order valence-electron chi connectivity index (χ2n) is 5.47. The molecule has 0 aliphatic carbocycles. The highest BCUT2D eigenvalue weighted by molar-refractivity contribution is 6.30. The molecule has 0 amide bonds. The fourth-order valence-electron chi connectivity index (χ4n) is 2.74. The zero-order valence-corrected chi connectivity index (χ0v) is 12.8. The predicted molar refractivity (Wildman–Crippen MR) is 81.3 cm³/mol. The molecule has 0 saturated carbocycles. The van der Waals surface area contributed by atoms with Crippen LogP contribution in [0.3, 0.4) is 0 Å². The minimum atomic E-state index is 0.788. The van der Waals surface area contributed by atoms with Gasteiger partial charge in [0.15, 0.2) is 0 Å². The number of hydrogen-bond acceptors (Lipinski definition) is 2. The summed E-state index contributed by atoms with van der Waals surface area (Å²) >= 11 is 6.02. The van der Waals surface area contributed by atoms with Crippen molar-refractivity contribution in [3.05, 3.63) is 28.3 Å². The van der Waals surface area contributed by atoms with Gasteiger partial charge in [0, 0.05) is 5.02 Å². The maximum atomic E-state index is 6.02. The summed E-state index contributed by atoms with van der Waals surface area (Å²) in [5.74, 6) is 1.01. The molecule has 1 saturated heterocycles. The van der Waals surface area contributed by atoms with Crippen LogP contribution in [0, 0.1) is 13.8 Å². The molecular weight excluding hydrogens is 258 g/mol. The molecule has 1 aromatic carbocycles. The SMILES string of the molecule is Cc1cc(Cl)cc(C)c1OCCCCN1CCCC1. The summed E-state index contributed by atoms with van der Waals surface area (Å²) in [5.41, 5.74) is 2.26. The molecular formula is C16H24ClNO. The van der Waals surface area contributed by atoms with Gasteiger partial charge in [-0.2, -0.15) is 0 Å². The van der Waals surface area contributed by atoms with E-state index in [2.05, 4.69) is 18.7 Å². The lowest BCUT2D eigenvalue weighted by atomic mass is 10.1. The van der Waals surface area contributed by atoms with Crippen molar-refractivity contribution < 1.29 is 4.74 Å². The van der Waals surface area contributed by atoms with E-state index >= 15 is 0 Å². The Labute approximate surface area is 121 Å². The van der Waals surface area contributed by atoms with Gasteiger partial charge >= 0.3 is 0 Å². The molecule has 0 aromatic heterocycles. The van der Waals surface area contributed by atoms with Crippen LogP contribution >= 0.6 is 11.6 Å². The highest BCUT2D eigenvalue weighted by atomic mass is 35.5. The van der Waals surface area contributed by atoms with Crippen LogP contribution in [0.4, 0.5) is 0 Å². The van der Waals surface area contributed by atoms with E-state index in [4.69, 9.17) is 16.3 Å². The quantitative estimate of drug-likeness (QED) is 0.724. The average molecular weight is 282 g/mol. The van der Waals surface area contributed by atoms with Gasteiger partial charge in [-0.05, 0) is 82.4 Å². The average Bonchev–Trinajstić information content (AvgIpc) is 2.84. The molecule has 0 atom stereocenters. The third-order valence-electron chi connectivity index (χ3n) is 3.74. The van der Waals surface area contributed by atoms with Crippen LogP contribution in [0.15, 0.2) is 12.1 Å². The fraction of sp³-hybridized carbons (Fsp3) is 0.625. The Morgan fingerprint density at radius 3 is 2.37 bits per heavy atom. The van der Waals surface area contributed by atoms with Gasteiger partial charge in [-0.15, -0.1) is 0 Å². The number of halogens is 1. The lowest BCUT2D eigenvalue weighted by Gasteiger charge is -2.15. The molecule has 1 aromatic rings. The summed E-state index contributed by atoms with van der Waals surface area (Å²) in [6.45, 7) is 8.71. The molecule has 1 aliphatic rings. The largest absolute Gasteiger partial charge is 0.493 e. The molecule has 3 heteroatoms. The summed E-state index contributed by atoms with van der Waals surface area (Å²) in [4.78, 5) is 2.55. The second kappa shape index (κ2) is 7.16. The zero-order chi connectivity index (χ0) is 13.7. The number of nitrogens with zero attached hydrogens (tertiary/aromatic N) is 1. The Balaban J connectivity index is 1.70. The van der Waals surface area contributed by atoms with E-state index in [1.807, 2.05) is 12.1 Å². The number of likely N-dealkylation sites (tertiary alicyclic amines) is 1. The minimum Gasteiger partial charge on any atom is -0.493 e. The van der Waals surface area contributed by atoms with E-state index in [0.717, 1.165) is 34.9 Å². The zero-order valence-electron chi connectivity index (χ0n) is 12.0. The third kappa shape index (κ3) is 4.39. The number of aryl methyl sites for hydroxylation is 2. The first-order valence-electron chi connectivity index (χ1n) is 7.29. The van der Waals surface area contributed by atoms with E-state index in [1.165, 1.54) is 38.9 Å². The monoisotopic (exact) mass is 281 g/mol. The number of benzene rings is 1. The van der Waals surface area contributed by atoms with E-state index in [9.17, 15) is 0 Å². The molecule has 19 heavy (non-hydrogen) atoms. The van der Waals surface area contributed by atoms with Crippen molar-refractivity contribution in [2.45, 2.75) is 39.5 Å². The van der Waals surface area contributed by atoms with Gasteiger partial charge in [0.1, 0.15) is 5.75 Å². The summed E-state index contributed by atoms with van der Waals surface area (Å²) in [6, 6.07) is 3.93. The maximum Gasteiger partial charge on any atom is 0.125 e.